The Balaban J connectivity index is 0.00000289. The highest BCUT2D eigenvalue weighted by Gasteiger charge is 2.12. The standard InChI is InChI=1S/C23H28N8.HI/c1-4-24-23(26-15-22-28-27-21-12-8-9-13-30(21)22)25-14-20-17(2)29-31(18(20)3)16-19-10-6-5-7-11-19;/h5-13H,4,14-16H2,1-3H3,(H2,24,25,26);1H. The molecule has 4 rings (SSSR count). The SMILES string of the molecule is CCNC(=NCc1c(C)nn(Cc2ccccc2)c1C)NCc1nnc2ccccn12.I. The molecule has 168 valence electrons. The van der Waals surface area contributed by atoms with Crippen LogP contribution in [0.15, 0.2) is 59.7 Å². The molecule has 8 nitrogen and oxygen atoms in total. The van der Waals surface area contributed by atoms with Crippen LogP contribution in [0.3, 0.4) is 0 Å². The molecule has 0 aliphatic rings. The van der Waals surface area contributed by atoms with Crippen molar-refractivity contribution in [1.82, 2.24) is 35.0 Å². The van der Waals surface area contributed by atoms with Gasteiger partial charge < -0.3 is 10.6 Å². The van der Waals surface area contributed by atoms with Gasteiger partial charge in [-0.05, 0) is 38.5 Å². The number of fused-ring (bicyclic) bond motifs is 1. The summed E-state index contributed by atoms with van der Waals surface area (Å²) in [6.45, 7) is 8.83. The molecule has 0 saturated carbocycles. The number of aliphatic imine (C=N–C) groups is 1. The number of pyridine rings is 1. The van der Waals surface area contributed by atoms with Crippen molar-refractivity contribution in [1.29, 1.82) is 0 Å². The molecule has 2 N–H and O–H groups in total. The zero-order valence-corrected chi connectivity index (χ0v) is 20.9. The van der Waals surface area contributed by atoms with Crippen molar-refractivity contribution in [2.75, 3.05) is 6.54 Å². The van der Waals surface area contributed by atoms with Crippen LogP contribution in [0, 0.1) is 13.8 Å². The molecule has 9 heteroatoms. The topological polar surface area (TPSA) is 84.4 Å². The number of aromatic nitrogens is 5. The highest BCUT2D eigenvalue weighted by Crippen LogP contribution is 2.16. The van der Waals surface area contributed by atoms with Gasteiger partial charge in [-0.25, -0.2) is 4.99 Å². The summed E-state index contributed by atoms with van der Waals surface area (Å²) < 4.78 is 4.02. The smallest absolute Gasteiger partial charge is 0.191 e. The van der Waals surface area contributed by atoms with Crippen molar-refractivity contribution in [3.8, 4) is 0 Å². The lowest BCUT2D eigenvalue weighted by Crippen LogP contribution is -2.37. The van der Waals surface area contributed by atoms with Gasteiger partial charge >= 0.3 is 0 Å². The summed E-state index contributed by atoms with van der Waals surface area (Å²) in [5.41, 5.74) is 5.37. The summed E-state index contributed by atoms with van der Waals surface area (Å²) in [7, 11) is 0. The molecule has 0 spiro atoms. The van der Waals surface area contributed by atoms with Gasteiger partial charge in [-0.2, -0.15) is 5.10 Å². The van der Waals surface area contributed by atoms with Gasteiger partial charge in [-0.3, -0.25) is 9.08 Å². The first-order chi connectivity index (χ1) is 15.2. The molecule has 0 aliphatic heterocycles. The number of benzene rings is 1. The summed E-state index contributed by atoms with van der Waals surface area (Å²) in [5, 5.41) is 19.9. The third kappa shape index (κ3) is 5.45. The molecule has 1 aromatic carbocycles. The van der Waals surface area contributed by atoms with Crippen LogP contribution in [0.1, 0.15) is 35.3 Å². The number of halogens is 1. The van der Waals surface area contributed by atoms with Gasteiger partial charge in [0, 0.05) is 24.0 Å². The molecular weight excluding hydrogens is 515 g/mol. The van der Waals surface area contributed by atoms with E-state index in [4.69, 9.17) is 10.1 Å². The van der Waals surface area contributed by atoms with Crippen LogP contribution < -0.4 is 10.6 Å². The van der Waals surface area contributed by atoms with Crippen molar-refractivity contribution in [3.63, 3.8) is 0 Å². The van der Waals surface area contributed by atoms with Gasteiger partial charge in [0.2, 0.25) is 0 Å². The van der Waals surface area contributed by atoms with Gasteiger partial charge in [0.1, 0.15) is 0 Å². The second kappa shape index (κ2) is 11.1. The Morgan fingerprint density at radius 2 is 1.78 bits per heavy atom. The van der Waals surface area contributed by atoms with E-state index in [1.54, 1.807) is 0 Å². The van der Waals surface area contributed by atoms with E-state index in [0.717, 1.165) is 47.5 Å². The van der Waals surface area contributed by atoms with Gasteiger partial charge in [-0.1, -0.05) is 36.4 Å². The molecule has 3 aromatic heterocycles. The van der Waals surface area contributed by atoms with Crippen LogP contribution in [0.5, 0.6) is 0 Å². The van der Waals surface area contributed by atoms with Crippen molar-refractivity contribution >= 4 is 35.6 Å². The minimum absolute atomic E-state index is 0. The number of aryl methyl sites for hydroxylation is 1. The molecule has 0 amide bonds. The third-order valence-corrected chi connectivity index (χ3v) is 5.24. The Hall–Kier alpha value is -2.95. The predicted molar refractivity (Wildman–Crippen MR) is 137 cm³/mol. The first-order valence-corrected chi connectivity index (χ1v) is 10.5. The van der Waals surface area contributed by atoms with Gasteiger partial charge in [0.25, 0.3) is 0 Å². The maximum atomic E-state index is 4.79. The first-order valence-electron chi connectivity index (χ1n) is 10.5. The molecule has 4 aromatic rings. The van der Waals surface area contributed by atoms with Crippen molar-refractivity contribution < 1.29 is 0 Å². The lowest BCUT2D eigenvalue weighted by molar-refractivity contribution is 0.658. The van der Waals surface area contributed by atoms with E-state index in [-0.39, 0.29) is 24.0 Å². The second-order valence-corrected chi connectivity index (χ2v) is 7.39. The number of rotatable bonds is 7. The summed E-state index contributed by atoms with van der Waals surface area (Å²) in [6.07, 6.45) is 1.96. The van der Waals surface area contributed by atoms with Gasteiger partial charge in [0.05, 0.1) is 25.3 Å². The molecule has 0 bridgehead atoms. The molecule has 3 heterocycles. The molecular formula is C23H29IN8. The Morgan fingerprint density at radius 1 is 1.00 bits per heavy atom. The van der Waals surface area contributed by atoms with E-state index in [2.05, 4.69) is 63.6 Å². The van der Waals surface area contributed by atoms with E-state index < -0.39 is 0 Å². The van der Waals surface area contributed by atoms with Crippen LogP contribution in [-0.2, 0) is 19.6 Å². The number of hydrogen-bond acceptors (Lipinski definition) is 4. The van der Waals surface area contributed by atoms with Crippen molar-refractivity contribution in [2.45, 2.75) is 40.4 Å². The monoisotopic (exact) mass is 544 g/mol. The second-order valence-electron chi connectivity index (χ2n) is 7.39. The fourth-order valence-corrected chi connectivity index (χ4v) is 3.55. The minimum atomic E-state index is 0. The molecule has 0 unspecified atom stereocenters. The maximum Gasteiger partial charge on any atom is 0.191 e. The third-order valence-electron chi connectivity index (χ3n) is 5.24. The number of nitrogens with one attached hydrogen (secondary N) is 2. The van der Waals surface area contributed by atoms with Crippen LogP contribution in [0.4, 0.5) is 0 Å². The lowest BCUT2D eigenvalue weighted by Gasteiger charge is -2.11. The van der Waals surface area contributed by atoms with E-state index in [1.165, 1.54) is 5.56 Å². The zero-order valence-electron chi connectivity index (χ0n) is 18.6. The lowest BCUT2D eigenvalue weighted by atomic mass is 10.2. The summed E-state index contributed by atoms with van der Waals surface area (Å²) in [4.78, 5) is 4.79. The Labute approximate surface area is 205 Å². The van der Waals surface area contributed by atoms with E-state index in [0.29, 0.717) is 13.1 Å². The maximum absolute atomic E-state index is 4.79. The van der Waals surface area contributed by atoms with Gasteiger partial charge in [0.15, 0.2) is 17.4 Å². The van der Waals surface area contributed by atoms with Crippen molar-refractivity contribution in [3.05, 3.63) is 83.1 Å². The largest absolute Gasteiger partial charge is 0.357 e. The zero-order chi connectivity index (χ0) is 21.6. The molecule has 32 heavy (non-hydrogen) atoms. The highest BCUT2D eigenvalue weighted by molar-refractivity contribution is 14.0. The Kier molecular flexibility index (Phi) is 8.20. The normalized spacial score (nSPS) is 11.4. The Bertz CT molecular complexity index is 1180. The van der Waals surface area contributed by atoms with E-state index in [9.17, 15) is 0 Å². The predicted octanol–water partition coefficient (Wildman–Crippen LogP) is 3.46. The molecule has 0 radical (unpaired) electrons. The fraction of sp³-hybridized carbons (Fsp3) is 0.304. The first kappa shape index (κ1) is 23.7. The average Bonchev–Trinajstić information content (AvgIpc) is 3.31. The van der Waals surface area contributed by atoms with Crippen LogP contribution >= 0.6 is 24.0 Å². The van der Waals surface area contributed by atoms with Crippen LogP contribution in [-0.4, -0.2) is 36.9 Å². The number of nitrogens with zero attached hydrogens (tertiary/aromatic N) is 6. The summed E-state index contributed by atoms with van der Waals surface area (Å²) >= 11 is 0. The number of hydrogen-bond donors (Lipinski definition) is 2. The van der Waals surface area contributed by atoms with E-state index >= 15 is 0 Å². The summed E-state index contributed by atoms with van der Waals surface area (Å²) in [5.74, 6) is 1.58. The average molecular weight is 544 g/mol. The molecule has 0 fully saturated rings. The highest BCUT2D eigenvalue weighted by atomic mass is 127. The van der Waals surface area contributed by atoms with Gasteiger partial charge in [-0.15, -0.1) is 34.2 Å². The minimum Gasteiger partial charge on any atom is -0.357 e. The molecule has 0 atom stereocenters. The Morgan fingerprint density at radius 3 is 2.56 bits per heavy atom. The van der Waals surface area contributed by atoms with Crippen LogP contribution in [0.2, 0.25) is 0 Å². The molecule has 0 aliphatic carbocycles. The van der Waals surface area contributed by atoms with Crippen molar-refractivity contribution in [2.24, 2.45) is 4.99 Å². The molecule has 0 saturated heterocycles. The quantitative estimate of drug-likeness (QED) is 0.212. The van der Waals surface area contributed by atoms with Crippen LogP contribution in [0.25, 0.3) is 5.65 Å². The fourth-order valence-electron chi connectivity index (χ4n) is 3.55. The number of guanidine groups is 1. The summed E-state index contributed by atoms with van der Waals surface area (Å²) in [6, 6.07) is 16.2. The van der Waals surface area contributed by atoms with E-state index in [1.807, 2.05) is 41.8 Å².